The number of halogens is 4. The molecule has 0 saturated carbocycles. The van der Waals surface area contributed by atoms with E-state index in [1.807, 2.05) is 32.0 Å². The third-order valence-electron chi connectivity index (χ3n) is 3.27. The zero-order valence-electron chi connectivity index (χ0n) is 11.7. The number of hydrogen-bond donors (Lipinski definition) is 1. The molecule has 0 saturated heterocycles. The summed E-state index contributed by atoms with van der Waals surface area (Å²) < 4.78 is 14.9. The molecule has 0 heterocycles. The second-order valence-electron chi connectivity index (χ2n) is 4.79. The predicted molar refractivity (Wildman–Crippen MR) is 90.8 cm³/mol. The quantitative estimate of drug-likeness (QED) is 0.640. The standard InChI is InChI=1S/C16H15BrCl2FN/c1-3-21-16(10-4-5-13(18)9(2)6-10)11-7-14(19)12(17)8-15(11)20/h4-8,16,21H,3H2,1-2H3. The second kappa shape index (κ2) is 7.10. The van der Waals surface area contributed by atoms with Crippen molar-refractivity contribution in [2.45, 2.75) is 19.9 Å². The van der Waals surface area contributed by atoms with Crippen LogP contribution >= 0.6 is 39.1 Å². The first kappa shape index (κ1) is 16.8. The molecule has 0 aromatic heterocycles. The maximum atomic E-state index is 14.3. The topological polar surface area (TPSA) is 12.0 Å². The van der Waals surface area contributed by atoms with Crippen molar-refractivity contribution >= 4 is 39.1 Å². The number of aryl methyl sites for hydroxylation is 1. The molecule has 1 nitrogen and oxygen atoms in total. The van der Waals surface area contributed by atoms with Crippen molar-refractivity contribution in [3.63, 3.8) is 0 Å². The van der Waals surface area contributed by atoms with Gasteiger partial charge in [-0.05, 0) is 58.7 Å². The molecule has 0 aliphatic rings. The molecule has 1 atom stereocenters. The van der Waals surface area contributed by atoms with Gasteiger partial charge in [0, 0.05) is 15.1 Å². The van der Waals surface area contributed by atoms with Crippen LogP contribution in [0.25, 0.3) is 0 Å². The molecule has 1 N–H and O–H groups in total. The van der Waals surface area contributed by atoms with Crippen LogP contribution in [0.1, 0.15) is 29.7 Å². The Morgan fingerprint density at radius 3 is 2.52 bits per heavy atom. The van der Waals surface area contributed by atoms with Crippen molar-refractivity contribution in [1.82, 2.24) is 5.32 Å². The fraction of sp³-hybridized carbons (Fsp3) is 0.250. The molecule has 0 spiro atoms. The van der Waals surface area contributed by atoms with Gasteiger partial charge in [-0.25, -0.2) is 4.39 Å². The minimum Gasteiger partial charge on any atom is -0.306 e. The second-order valence-corrected chi connectivity index (χ2v) is 6.46. The number of rotatable bonds is 4. The molecule has 0 radical (unpaired) electrons. The average molecular weight is 391 g/mol. The van der Waals surface area contributed by atoms with Crippen LogP contribution in [-0.4, -0.2) is 6.54 Å². The van der Waals surface area contributed by atoms with E-state index < -0.39 is 0 Å². The summed E-state index contributed by atoms with van der Waals surface area (Å²) in [6, 6.07) is 8.47. The van der Waals surface area contributed by atoms with E-state index in [9.17, 15) is 4.39 Å². The van der Waals surface area contributed by atoms with E-state index >= 15 is 0 Å². The lowest BCUT2D eigenvalue weighted by atomic mass is 9.97. The lowest BCUT2D eigenvalue weighted by Crippen LogP contribution is -2.23. The molecular formula is C16H15BrCl2FN. The minimum absolute atomic E-state index is 0.267. The molecule has 0 bridgehead atoms. The fourth-order valence-corrected chi connectivity index (χ4v) is 2.82. The Morgan fingerprint density at radius 2 is 1.90 bits per heavy atom. The molecule has 2 rings (SSSR count). The summed E-state index contributed by atoms with van der Waals surface area (Å²) in [7, 11) is 0. The number of benzene rings is 2. The first-order valence-electron chi connectivity index (χ1n) is 6.58. The van der Waals surface area contributed by atoms with Crippen LogP contribution in [0.4, 0.5) is 4.39 Å². The predicted octanol–water partition coefficient (Wildman–Crippen LogP) is 5.90. The monoisotopic (exact) mass is 389 g/mol. The Bertz CT molecular complexity index is 661. The summed E-state index contributed by atoms with van der Waals surface area (Å²) >= 11 is 15.4. The Hall–Kier alpha value is -0.610. The highest BCUT2D eigenvalue weighted by Crippen LogP contribution is 2.32. The van der Waals surface area contributed by atoms with Crippen molar-refractivity contribution in [1.29, 1.82) is 0 Å². The molecular weight excluding hydrogens is 376 g/mol. The van der Waals surface area contributed by atoms with Crippen LogP contribution in [0, 0.1) is 12.7 Å². The van der Waals surface area contributed by atoms with Crippen molar-refractivity contribution in [2.75, 3.05) is 6.54 Å². The third kappa shape index (κ3) is 3.78. The largest absolute Gasteiger partial charge is 0.306 e. The van der Waals surface area contributed by atoms with Gasteiger partial charge >= 0.3 is 0 Å². The van der Waals surface area contributed by atoms with Gasteiger partial charge in [0.25, 0.3) is 0 Å². The van der Waals surface area contributed by atoms with E-state index in [0.29, 0.717) is 26.6 Å². The smallest absolute Gasteiger partial charge is 0.129 e. The number of nitrogens with one attached hydrogen (secondary N) is 1. The lowest BCUT2D eigenvalue weighted by Gasteiger charge is -2.21. The van der Waals surface area contributed by atoms with Crippen LogP contribution in [0.5, 0.6) is 0 Å². The summed E-state index contributed by atoms with van der Waals surface area (Å²) in [5, 5.41) is 4.48. The van der Waals surface area contributed by atoms with E-state index in [-0.39, 0.29) is 11.9 Å². The van der Waals surface area contributed by atoms with Crippen LogP contribution in [0.2, 0.25) is 10.0 Å². The Morgan fingerprint density at radius 1 is 1.19 bits per heavy atom. The lowest BCUT2D eigenvalue weighted by molar-refractivity contribution is 0.558. The van der Waals surface area contributed by atoms with Gasteiger partial charge in [0.05, 0.1) is 11.1 Å². The molecule has 1 unspecified atom stereocenters. The normalized spacial score (nSPS) is 12.5. The Kier molecular flexibility index (Phi) is 5.67. The van der Waals surface area contributed by atoms with Crippen molar-refractivity contribution < 1.29 is 4.39 Å². The summed E-state index contributed by atoms with van der Waals surface area (Å²) in [5.41, 5.74) is 2.43. The van der Waals surface area contributed by atoms with E-state index in [4.69, 9.17) is 23.2 Å². The van der Waals surface area contributed by atoms with E-state index in [0.717, 1.165) is 11.1 Å². The zero-order valence-corrected chi connectivity index (χ0v) is 14.8. The van der Waals surface area contributed by atoms with Gasteiger partial charge in [0.15, 0.2) is 0 Å². The zero-order chi connectivity index (χ0) is 15.6. The first-order valence-corrected chi connectivity index (χ1v) is 8.12. The minimum atomic E-state index is -0.301. The van der Waals surface area contributed by atoms with Gasteiger partial charge in [-0.3, -0.25) is 0 Å². The third-order valence-corrected chi connectivity index (χ3v) is 4.90. The highest BCUT2D eigenvalue weighted by molar-refractivity contribution is 9.10. The summed E-state index contributed by atoms with van der Waals surface area (Å²) in [6.45, 7) is 4.62. The van der Waals surface area contributed by atoms with Gasteiger partial charge in [-0.15, -0.1) is 0 Å². The van der Waals surface area contributed by atoms with Gasteiger partial charge in [-0.1, -0.05) is 42.3 Å². The van der Waals surface area contributed by atoms with Gasteiger partial charge in [0.2, 0.25) is 0 Å². The highest BCUT2D eigenvalue weighted by Gasteiger charge is 2.19. The van der Waals surface area contributed by atoms with E-state index in [2.05, 4.69) is 21.2 Å². The summed E-state index contributed by atoms with van der Waals surface area (Å²) in [6.07, 6.45) is 0. The van der Waals surface area contributed by atoms with Crippen LogP contribution in [-0.2, 0) is 0 Å². The molecule has 0 fully saturated rings. The molecule has 0 aliphatic carbocycles. The fourth-order valence-electron chi connectivity index (χ4n) is 2.22. The van der Waals surface area contributed by atoms with Gasteiger partial charge in [0.1, 0.15) is 5.82 Å². The van der Waals surface area contributed by atoms with E-state index in [1.165, 1.54) is 6.07 Å². The van der Waals surface area contributed by atoms with Crippen molar-refractivity contribution in [3.8, 4) is 0 Å². The molecule has 0 aliphatic heterocycles. The molecule has 0 amide bonds. The SMILES string of the molecule is CCNC(c1ccc(Cl)c(C)c1)c1cc(Cl)c(Br)cc1F. The number of hydrogen-bond acceptors (Lipinski definition) is 1. The highest BCUT2D eigenvalue weighted by atomic mass is 79.9. The maximum absolute atomic E-state index is 14.3. The van der Waals surface area contributed by atoms with Gasteiger partial charge < -0.3 is 5.32 Å². The Balaban J connectivity index is 2.52. The van der Waals surface area contributed by atoms with Crippen molar-refractivity contribution in [2.24, 2.45) is 0 Å². The average Bonchev–Trinajstić information content (AvgIpc) is 2.44. The maximum Gasteiger partial charge on any atom is 0.129 e. The van der Waals surface area contributed by atoms with E-state index in [1.54, 1.807) is 6.07 Å². The summed E-state index contributed by atoms with van der Waals surface area (Å²) in [5.74, 6) is -0.301. The molecule has 21 heavy (non-hydrogen) atoms. The molecule has 2 aromatic rings. The summed E-state index contributed by atoms with van der Waals surface area (Å²) in [4.78, 5) is 0. The van der Waals surface area contributed by atoms with Crippen molar-refractivity contribution in [3.05, 3.63) is 67.4 Å². The Labute approximate surface area is 142 Å². The molecule has 2 aromatic carbocycles. The molecule has 5 heteroatoms. The van der Waals surface area contributed by atoms with Gasteiger partial charge in [-0.2, -0.15) is 0 Å². The van der Waals surface area contributed by atoms with Crippen LogP contribution < -0.4 is 5.32 Å². The first-order chi connectivity index (χ1) is 9.93. The molecule has 112 valence electrons. The van der Waals surface area contributed by atoms with Crippen LogP contribution in [0.3, 0.4) is 0 Å². The van der Waals surface area contributed by atoms with Crippen LogP contribution in [0.15, 0.2) is 34.8 Å².